The third-order valence-electron chi connectivity index (χ3n) is 7.24. The summed E-state index contributed by atoms with van der Waals surface area (Å²) in [5.74, 6) is 0.491. The number of amides is 1. The number of carbonyl (C=O) groups excluding carboxylic acids is 1. The minimum absolute atomic E-state index is 0.00872. The predicted molar refractivity (Wildman–Crippen MR) is 140 cm³/mol. The summed E-state index contributed by atoms with van der Waals surface area (Å²) < 4.78 is 5.21. The van der Waals surface area contributed by atoms with Crippen molar-refractivity contribution < 1.29 is 14.5 Å². The van der Waals surface area contributed by atoms with Gasteiger partial charge in [0.2, 0.25) is 5.91 Å². The van der Waals surface area contributed by atoms with Gasteiger partial charge in [0.25, 0.3) is 5.69 Å². The maximum atomic E-state index is 13.5. The number of hydrogen-bond acceptors (Lipinski definition) is 6. The van der Waals surface area contributed by atoms with Crippen LogP contribution >= 0.6 is 0 Å². The summed E-state index contributed by atoms with van der Waals surface area (Å²) in [7, 11) is 1.64. The van der Waals surface area contributed by atoms with Crippen LogP contribution in [0, 0.1) is 16.0 Å². The highest BCUT2D eigenvalue weighted by Gasteiger charge is 2.42. The average Bonchev–Trinajstić information content (AvgIpc) is 2.92. The topological polar surface area (TPSA) is 87.9 Å². The molecule has 8 nitrogen and oxygen atoms in total. The molecule has 1 N–H and O–H groups in total. The van der Waals surface area contributed by atoms with E-state index >= 15 is 0 Å². The monoisotopic (exact) mass is 486 g/mol. The molecule has 2 atom stereocenters. The molecule has 0 unspecified atom stereocenters. The first-order valence-corrected chi connectivity index (χ1v) is 12.3. The first-order chi connectivity index (χ1) is 17.5. The molecular formula is C28H30N4O4. The molecule has 2 heterocycles. The Hall–Kier alpha value is -4.07. The zero-order valence-electron chi connectivity index (χ0n) is 20.3. The van der Waals surface area contributed by atoms with Crippen molar-refractivity contribution in [1.29, 1.82) is 0 Å². The Morgan fingerprint density at radius 3 is 2.58 bits per heavy atom. The van der Waals surface area contributed by atoms with Crippen molar-refractivity contribution in [2.45, 2.75) is 18.9 Å². The first kappa shape index (κ1) is 23.7. The number of ether oxygens (including phenoxy) is 1. The Morgan fingerprint density at radius 2 is 1.86 bits per heavy atom. The van der Waals surface area contributed by atoms with Crippen LogP contribution in [0.3, 0.4) is 0 Å². The summed E-state index contributed by atoms with van der Waals surface area (Å²) in [6, 6.07) is 23.1. The number of benzene rings is 3. The predicted octanol–water partition coefficient (Wildman–Crippen LogP) is 3.83. The fraction of sp³-hybridized carbons (Fsp3) is 0.321. The van der Waals surface area contributed by atoms with Gasteiger partial charge in [-0.25, -0.2) is 0 Å². The van der Waals surface area contributed by atoms with Crippen molar-refractivity contribution in [3.8, 4) is 5.75 Å². The molecule has 3 aromatic carbocycles. The Balaban J connectivity index is 1.35. The zero-order valence-corrected chi connectivity index (χ0v) is 20.3. The molecule has 3 aromatic rings. The number of rotatable bonds is 7. The van der Waals surface area contributed by atoms with Gasteiger partial charge in [-0.1, -0.05) is 30.3 Å². The molecule has 1 saturated heterocycles. The maximum Gasteiger partial charge on any atom is 0.269 e. The van der Waals surface area contributed by atoms with Gasteiger partial charge in [-0.05, 0) is 54.3 Å². The lowest BCUT2D eigenvalue weighted by Gasteiger charge is -2.49. The van der Waals surface area contributed by atoms with Crippen LogP contribution in [0.1, 0.15) is 11.1 Å². The van der Waals surface area contributed by atoms with Crippen LogP contribution in [0.2, 0.25) is 0 Å². The lowest BCUT2D eigenvalue weighted by molar-refractivity contribution is -0.384. The number of anilines is 2. The van der Waals surface area contributed by atoms with Crippen molar-refractivity contribution in [1.82, 2.24) is 5.32 Å². The van der Waals surface area contributed by atoms with Crippen LogP contribution < -0.4 is 19.9 Å². The number of non-ortho nitro benzene ring substituents is 1. The van der Waals surface area contributed by atoms with Gasteiger partial charge >= 0.3 is 0 Å². The molecule has 1 fully saturated rings. The molecule has 0 saturated carbocycles. The molecule has 0 spiro atoms. The number of piperazine rings is 1. The van der Waals surface area contributed by atoms with Gasteiger partial charge in [0.05, 0.1) is 24.0 Å². The molecule has 2 aliphatic rings. The van der Waals surface area contributed by atoms with E-state index in [9.17, 15) is 14.9 Å². The summed E-state index contributed by atoms with van der Waals surface area (Å²) in [5, 5.41) is 14.5. The van der Waals surface area contributed by atoms with Crippen LogP contribution in [0.4, 0.5) is 17.1 Å². The molecule has 186 valence electrons. The van der Waals surface area contributed by atoms with Gasteiger partial charge in [-0.3, -0.25) is 14.9 Å². The highest BCUT2D eigenvalue weighted by Crippen LogP contribution is 2.38. The number of nitro groups is 1. The molecule has 1 amide bonds. The fourth-order valence-electron chi connectivity index (χ4n) is 5.35. The number of hydrogen-bond donors (Lipinski definition) is 1. The van der Waals surface area contributed by atoms with Crippen LogP contribution in [0.25, 0.3) is 0 Å². The fourth-order valence-corrected chi connectivity index (χ4v) is 5.35. The van der Waals surface area contributed by atoms with Crippen LogP contribution in [0.5, 0.6) is 5.75 Å². The number of fused-ring (bicyclic) bond motifs is 3. The number of nitrogens with one attached hydrogen (secondary N) is 1. The summed E-state index contributed by atoms with van der Waals surface area (Å²) in [6.45, 7) is 2.82. The van der Waals surface area contributed by atoms with Crippen molar-refractivity contribution in [2.24, 2.45) is 5.92 Å². The third-order valence-corrected chi connectivity index (χ3v) is 7.24. The summed E-state index contributed by atoms with van der Waals surface area (Å²) in [6.07, 6.45) is 1.20. The molecule has 0 aliphatic carbocycles. The number of nitrogens with zero attached hydrogens (tertiary/aromatic N) is 3. The van der Waals surface area contributed by atoms with E-state index in [1.807, 2.05) is 48.5 Å². The molecule has 0 aromatic heterocycles. The normalized spacial score (nSPS) is 18.7. The van der Waals surface area contributed by atoms with E-state index in [1.165, 1.54) is 0 Å². The molecular weight excluding hydrogens is 456 g/mol. The second-order valence-electron chi connectivity index (χ2n) is 9.31. The lowest BCUT2D eigenvalue weighted by Crippen LogP contribution is -2.61. The highest BCUT2D eigenvalue weighted by atomic mass is 16.6. The van der Waals surface area contributed by atoms with E-state index < -0.39 is 0 Å². The van der Waals surface area contributed by atoms with Crippen LogP contribution in [-0.4, -0.2) is 50.2 Å². The van der Waals surface area contributed by atoms with E-state index in [2.05, 4.69) is 27.2 Å². The van der Waals surface area contributed by atoms with E-state index in [4.69, 9.17) is 4.74 Å². The molecule has 2 aliphatic heterocycles. The minimum atomic E-state index is -0.371. The Bertz CT molecular complexity index is 1230. The van der Waals surface area contributed by atoms with Gasteiger partial charge in [-0.15, -0.1) is 0 Å². The van der Waals surface area contributed by atoms with Gasteiger partial charge in [0, 0.05) is 49.7 Å². The Morgan fingerprint density at radius 1 is 1.08 bits per heavy atom. The second-order valence-corrected chi connectivity index (χ2v) is 9.31. The second kappa shape index (κ2) is 10.3. The molecule has 0 radical (unpaired) electrons. The summed E-state index contributed by atoms with van der Waals surface area (Å²) in [5.41, 5.74) is 4.19. The van der Waals surface area contributed by atoms with Crippen LogP contribution in [0.15, 0.2) is 72.8 Å². The minimum Gasteiger partial charge on any atom is -0.497 e. The van der Waals surface area contributed by atoms with Gasteiger partial charge < -0.3 is 19.9 Å². The van der Waals surface area contributed by atoms with Gasteiger partial charge in [0.15, 0.2) is 0 Å². The quantitative estimate of drug-likeness (QED) is 0.403. The number of carbonyl (C=O) groups is 1. The summed E-state index contributed by atoms with van der Waals surface area (Å²) >= 11 is 0. The van der Waals surface area contributed by atoms with Gasteiger partial charge in [-0.2, -0.15) is 0 Å². The van der Waals surface area contributed by atoms with E-state index in [-0.39, 0.29) is 28.5 Å². The van der Waals surface area contributed by atoms with Crippen molar-refractivity contribution in [2.75, 3.05) is 43.1 Å². The largest absolute Gasteiger partial charge is 0.497 e. The number of methoxy groups -OCH3 is 1. The zero-order chi connectivity index (χ0) is 25.1. The molecule has 8 heteroatoms. The number of para-hydroxylation sites is 1. The van der Waals surface area contributed by atoms with Crippen molar-refractivity contribution >= 4 is 23.0 Å². The average molecular weight is 487 g/mol. The van der Waals surface area contributed by atoms with E-state index in [0.29, 0.717) is 13.0 Å². The van der Waals surface area contributed by atoms with Gasteiger partial charge in [0.1, 0.15) is 5.75 Å². The summed E-state index contributed by atoms with van der Waals surface area (Å²) in [4.78, 5) is 29.1. The Labute approximate surface area is 210 Å². The molecule has 36 heavy (non-hydrogen) atoms. The molecule has 0 bridgehead atoms. The lowest BCUT2D eigenvalue weighted by atomic mass is 9.83. The smallest absolute Gasteiger partial charge is 0.269 e. The standard InChI is InChI=1S/C28H30N4O4/c1-36-24-10-7-20(8-11-24)13-14-29-28(33)25-18-21-17-23(32(34)35)9-12-26(21)31-16-15-30(19-27(25)31)22-5-3-2-4-6-22/h2-12,17,25,27H,13-16,18-19H2,1H3,(H,29,33)/t25-,27-/m0/s1. The van der Waals surface area contributed by atoms with Crippen molar-refractivity contribution in [3.05, 3.63) is 94.0 Å². The third kappa shape index (κ3) is 4.84. The SMILES string of the molecule is COc1ccc(CCNC(=O)[C@H]2Cc3cc([N+](=O)[O-])ccc3N3CCN(c4ccccc4)C[C@@H]23)cc1. The Kier molecular flexibility index (Phi) is 6.75. The van der Waals surface area contributed by atoms with Crippen LogP contribution in [-0.2, 0) is 17.6 Å². The maximum absolute atomic E-state index is 13.5. The van der Waals surface area contributed by atoms with E-state index in [0.717, 1.165) is 54.3 Å². The highest BCUT2D eigenvalue weighted by molar-refractivity contribution is 5.82. The van der Waals surface area contributed by atoms with E-state index in [1.54, 1.807) is 19.2 Å². The number of nitro benzene ring substituents is 1. The van der Waals surface area contributed by atoms with Crippen molar-refractivity contribution in [3.63, 3.8) is 0 Å². The first-order valence-electron chi connectivity index (χ1n) is 12.3. The molecule has 5 rings (SSSR count).